The molecular weight excluding hydrogens is 346 g/mol. The fraction of sp³-hybridized carbons (Fsp3) is 0.294. The molecule has 1 aromatic carbocycles. The smallest absolute Gasteiger partial charge is 0.346 e. The third kappa shape index (κ3) is 2.61. The maximum absolute atomic E-state index is 12.1. The van der Waals surface area contributed by atoms with Crippen LogP contribution >= 0.6 is 15.9 Å². The van der Waals surface area contributed by atoms with Gasteiger partial charge >= 0.3 is 5.97 Å². The Hall–Kier alpha value is -1.88. The number of nitrogens with zero attached hydrogens (tertiary/aromatic N) is 1. The number of carbonyl (C=O) groups excluding carboxylic acids is 1. The van der Waals surface area contributed by atoms with E-state index in [4.69, 9.17) is 9.47 Å². The summed E-state index contributed by atoms with van der Waals surface area (Å²) in [5, 5.41) is 0. The summed E-state index contributed by atoms with van der Waals surface area (Å²) in [6.07, 6.45) is 2.24. The molecule has 114 valence electrons. The molecule has 1 aliphatic heterocycles. The fourth-order valence-electron chi connectivity index (χ4n) is 2.53. The van der Waals surface area contributed by atoms with Crippen LogP contribution in [0.15, 0.2) is 34.9 Å². The van der Waals surface area contributed by atoms with Crippen molar-refractivity contribution in [2.24, 2.45) is 0 Å². The van der Waals surface area contributed by atoms with Crippen molar-refractivity contribution >= 4 is 21.9 Å². The lowest BCUT2D eigenvalue weighted by atomic mass is 10.00. The summed E-state index contributed by atoms with van der Waals surface area (Å²) in [7, 11) is 0. The van der Waals surface area contributed by atoms with E-state index in [1.54, 1.807) is 13.8 Å². The van der Waals surface area contributed by atoms with Crippen LogP contribution in [0.2, 0.25) is 0 Å². The van der Waals surface area contributed by atoms with Crippen LogP contribution in [0.25, 0.3) is 11.3 Å². The zero-order valence-electron chi connectivity index (χ0n) is 12.6. The summed E-state index contributed by atoms with van der Waals surface area (Å²) in [6, 6.07) is 7.92. The highest BCUT2D eigenvalue weighted by molar-refractivity contribution is 9.10. The van der Waals surface area contributed by atoms with E-state index in [0.717, 1.165) is 21.3 Å². The number of carbonyl (C=O) groups is 1. The van der Waals surface area contributed by atoms with Crippen LogP contribution in [-0.4, -0.2) is 16.7 Å². The molecule has 0 N–H and O–H groups in total. The van der Waals surface area contributed by atoms with Crippen LogP contribution in [0.4, 0.5) is 0 Å². The first-order valence-corrected chi connectivity index (χ1v) is 7.91. The third-order valence-corrected chi connectivity index (χ3v) is 4.03. The first-order valence-electron chi connectivity index (χ1n) is 7.11. The molecule has 1 aromatic heterocycles. The fourth-order valence-corrected chi connectivity index (χ4v) is 2.79. The van der Waals surface area contributed by atoms with Gasteiger partial charge in [-0.1, -0.05) is 35.0 Å². The quantitative estimate of drug-likeness (QED) is 0.745. The van der Waals surface area contributed by atoms with E-state index in [1.165, 1.54) is 6.20 Å². The minimum absolute atomic E-state index is 0.386. The molecule has 5 heteroatoms. The highest BCUT2D eigenvalue weighted by Crippen LogP contribution is 2.38. The van der Waals surface area contributed by atoms with Crippen molar-refractivity contribution in [1.82, 2.24) is 4.98 Å². The van der Waals surface area contributed by atoms with Crippen molar-refractivity contribution in [2.45, 2.75) is 33.0 Å². The predicted octanol–water partition coefficient (Wildman–Crippen LogP) is 4.36. The van der Waals surface area contributed by atoms with Gasteiger partial charge in [0.25, 0.3) is 0 Å². The SMILES string of the molecule is CCc1c(-c2ccc(Br)cc2)ncc2c1OC(C)(C)OC2=O. The van der Waals surface area contributed by atoms with Crippen molar-refractivity contribution in [3.63, 3.8) is 0 Å². The average molecular weight is 362 g/mol. The van der Waals surface area contributed by atoms with E-state index >= 15 is 0 Å². The molecule has 1 aliphatic rings. The normalized spacial score (nSPS) is 15.7. The lowest BCUT2D eigenvalue weighted by Gasteiger charge is -2.33. The van der Waals surface area contributed by atoms with Crippen LogP contribution in [-0.2, 0) is 11.2 Å². The minimum atomic E-state index is -0.966. The zero-order valence-corrected chi connectivity index (χ0v) is 14.2. The van der Waals surface area contributed by atoms with Crippen LogP contribution < -0.4 is 4.74 Å². The van der Waals surface area contributed by atoms with E-state index in [0.29, 0.717) is 17.7 Å². The lowest BCUT2D eigenvalue weighted by Crippen LogP contribution is -2.39. The second-order valence-electron chi connectivity index (χ2n) is 5.58. The number of benzene rings is 1. The third-order valence-electron chi connectivity index (χ3n) is 3.50. The molecule has 3 rings (SSSR count). The van der Waals surface area contributed by atoms with Gasteiger partial charge in [-0.05, 0) is 18.6 Å². The van der Waals surface area contributed by atoms with Crippen molar-refractivity contribution in [3.8, 4) is 17.0 Å². The number of ether oxygens (including phenoxy) is 2. The van der Waals surface area contributed by atoms with Crippen molar-refractivity contribution in [1.29, 1.82) is 0 Å². The van der Waals surface area contributed by atoms with Crippen LogP contribution in [0.5, 0.6) is 5.75 Å². The second kappa shape index (κ2) is 5.39. The van der Waals surface area contributed by atoms with Gasteiger partial charge in [0.2, 0.25) is 5.79 Å². The molecule has 0 unspecified atom stereocenters. The Morgan fingerprint density at radius 1 is 1.18 bits per heavy atom. The number of rotatable bonds is 2. The van der Waals surface area contributed by atoms with Crippen LogP contribution in [0.3, 0.4) is 0 Å². The first-order chi connectivity index (χ1) is 10.4. The number of hydrogen-bond donors (Lipinski definition) is 0. The Morgan fingerprint density at radius 3 is 2.50 bits per heavy atom. The highest BCUT2D eigenvalue weighted by Gasteiger charge is 2.36. The summed E-state index contributed by atoms with van der Waals surface area (Å²) < 4.78 is 12.2. The highest BCUT2D eigenvalue weighted by atomic mass is 79.9. The topological polar surface area (TPSA) is 48.4 Å². The van der Waals surface area contributed by atoms with Gasteiger partial charge in [0.05, 0.1) is 5.69 Å². The predicted molar refractivity (Wildman–Crippen MR) is 86.9 cm³/mol. The molecule has 4 nitrogen and oxygen atoms in total. The van der Waals surface area contributed by atoms with Gasteiger partial charge in [0.15, 0.2) is 0 Å². The van der Waals surface area contributed by atoms with Crippen molar-refractivity contribution in [2.75, 3.05) is 0 Å². The van der Waals surface area contributed by atoms with Gasteiger partial charge in [-0.2, -0.15) is 0 Å². The van der Waals surface area contributed by atoms with Crippen LogP contribution in [0, 0.1) is 0 Å². The maximum atomic E-state index is 12.1. The summed E-state index contributed by atoms with van der Waals surface area (Å²) in [4.78, 5) is 16.6. The molecule has 22 heavy (non-hydrogen) atoms. The van der Waals surface area contributed by atoms with Gasteiger partial charge in [0.1, 0.15) is 11.3 Å². The number of halogens is 1. The lowest BCUT2D eigenvalue weighted by molar-refractivity contribution is -0.127. The molecule has 0 spiro atoms. The monoisotopic (exact) mass is 361 g/mol. The van der Waals surface area contributed by atoms with Crippen LogP contribution in [0.1, 0.15) is 36.7 Å². The van der Waals surface area contributed by atoms with Gasteiger partial charge in [0, 0.05) is 35.6 Å². The van der Waals surface area contributed by atoms with Crippen molar-refractivity contribution in [3.05, 3.63) is 46.1 Å². The summed E-state index contributed by atoms with van der Waals surface area (Å²) in [5.41, 5.74) is 3.13. The Labute approximate surface area is 137 Å². The van der Waals surface area contributed by atoms with E-state index < -0.39 is 11.8 Å². The maximum Gasteiger partial charge on any atom is 0.346 e. The van der Waals surface area contributed by atoms with E-state index in [2.05, 4.69) is 20.9 Å². The van der Waals surface area contributed by atoms with Gasteiger partial charge in [-0.15, -0.1) is 0 Å². The van der Waals surface area contributed by atoms with Gasteiger partial charge in [-0.3, -0.25) is 4.98 Å². The Morgan fingerprint density at radius 2 is 1.86 bits per heavy atom. The number of esters is 1. The largest absolute Gasteiger partial charge is 0.451 e. The summed E-state index contributed by atoms with van der Waals surface area (Å²) >= 11 is 3.43. The number of pyridine rings is 1. The standard InChI is InChI=1S/C17H16BrNO3/c1-4-12-14(10-5-7-11(18)8-6-10)19-9-13-15(12)21-17(2,3)22-16(13)20/h5-9H,4H2,1-3H3. The molecule has 0 amide bonds. The number of hydrogen-bond acceptors (Lipinski definition) is 4. The Kier molecular flexibility index (Phi) is 3.68. The summed E-state index contributed by atoms with van der Waals surface area (Å²) in [5.74, 6) is -0.778. The molecule has 0 radical (unpaired) electrons. The van der Waals surface area contributed by atoms with Crippen molar-refractivity contribution < 1.29 is 14.3 Å². The van der Waals surface area contributed by atoms with Gasteiger partial charge in [-0.25, -0.2) is 4.79 Å². The van der Waals surface area contributed by atoms with E-state index in [1.807, 2.05) is 31.2 Å². The molecule has 0 saturated carbocycles. The molecular formula is C17H16BrNO3. The summed E-state index contributed by atoms with van der Waals surface area (Å²) in [6.45, 7) is 5.48. The first kappa shape index (κ1) is 15.0. The molecule has 2 aromatic rings. The second-order valence-corrected chi connectivity index (χ2v) is 6.50. The minimum Gasteiger partial charge on any atom is -0.451 e. The molecule has 2 heterocycles. The Bertz CT molecular complexity index is 738. The number of aromatic nitrogens is 1. The van der Waals surface area contributed by atoms with E-state index in [9.17, 15) is 4.79 Å². The zero-order chi connectivity index (χ0) is 15.9. The molecule has 0 bridgehead atoms. The van der Waals surface area contributed by atoms with Gasteiger partial charge < -0.3 is 9.47 Å². The number of fused-ring (bicyclic) bond motifs is 1. The molecule has 0 atom stereocenters. The molecule has 0 saturated heterocycles. The van der Waals surface area contributed by atoms with E-state index in [-0.39, 0.29) is 0 Å². The molecule has 0 fully saturated rings. The number of cyclic esters (lactones) is 1. The Balaban J connectivity index is 2.18. The molecule has 0 aliphatic carbocycles. The average Bonchev–Trinajstić information content (AvgIpc) is 2.45.